The molecule has 5 N–H and O–H groups in total. The summed E-state index contributed by atoms with van der Waals surface area (Å²) in [6.07, 6.45) is -6.35. The number of aliphatic hydroxyl groups excluding tert-OH is 5. The van der Waals surface area contributed by atoms with E-state index in [1.165, 1.54) is 0 Å². The second kappa shape index (κ2) is 10.1. The summed E-state index contributed by atoms with van der Waals surface area (Å²) in [6.45, 7) is 0.590. The largest absolute Gasteiger partial charge is 0.463 e. The van der Waals surface area contributed by atoms with Gasteiger partial charge < -0.3 is 39.7 Å². The van der Waals surface area contributed by atoms with Crippen molar-refractivity contribution in [2.75, 3.05) is 19.8 Å². The lowest BCUT2D eigenvalue weighted by atomic mass is 9.99. The van der Waals surface area contributed by atoms with Gasteiger partial charge in [0.05, 0.1) is 13.2 Å². The zero-order valence-corrected chi connectivity index (χ0v) is 13.1. The van der Waals surface area contributed by atoms with Gasteiger partial charge >= 0.3 is 5.97 Å². The first kappa shape index (κ1) is 20.2. The molecule has 1 aliphatic heterocycles. The van der Waals surface area contributed by atoms with Gasteiger partial charge in [-0.25, -0.2) is 0 Å². The molecule has 1 aliphatic rings. The Bertz CT molecular complexity index is 347. The van der Waals surface area contributed by atoms with Gasteiger partial charge in [0.15, 0.2) is 6.29 Å². The number of hydrogen-bond donors (Lipinski definition) is 5. The van der Waals surface area contributed by atoms with Crippen molar-refractivity contribution in [3.63, 3.8) is 0 Å². The summed E-state index contributed by atoms with van der Waals surface area (Å²) < 4.78 is 15.4. The summed E-state index contributed by atoms with van der Waals surface area (Å²) in [4.78, 5) is 11.5. The fourth-order valence-electron chi connectivity index (χ4n) is 2.07. The average Bonchev–Trinajstić information content (AvgIpc) is 2.56. The van der Waals surface area contributed by atoms with Crippen molar-refractivity contribution in [2.24, 2.45) is 0 Å². The summed E-state index contributed by atoms with van der Waals surface area (Å²) in [5, 5.41) is 47.5. The molecule has 1 fully saturated rings. The van der Waals surface area contributed by atoms with Gasteiger partial charge in [0, 0.05) is 6.42 Å². The summed E-state index contributed by atoms with van der Waals surface area (Å²) in [6, 6.07) is 0. The number of hydrogen-bond acceptors (Lipinski definition) is 9. The molecule has 0 bridgehead atoms. The molecule has 9 nitrogen and oxygen atoms in total. The van der Waals surface area contributed by atoms with Crippen molar-refractivity contribution in [2.45, 2.75) is 63.0 Å². The number of carbonyl (C=O) groups excluding carboxylic acids is 1. The van der Waals surface area contributed by atoms with E-state index in [-0.39, 0.29) is 13.0 Å². The quantitative estimate of drug-likeness (QED) is 0.298. The fourth-order valence-corrected chi connectivity index (χ4v) is 2.07. The Kier molecular flexibility index (Phi) is 8.92. The van der Waals surface area contributed by atoms with E-state index in [0.29, 0.717) is 6.42 Å². The number of ether oxygens (including phenoxy) is 3. The van der Waals surface area contributed by atoms with E-state index in [1.54, 1.807) is 0 Å². The van der Waals surface area contributed by atoms with Gasteiger partial charge in [-0.2, -0.15) is 0 Å². The van der Waals surface area contributed by atoms with E-state index in [4.69, 9.17) is 24.4 Å². The predicted molar refractivity (Wildman–Crippen MR) is 76.2 cm³/mol. The minimum atomic E-state index is -1.58. The van der Waals surface area contributed by atoms with Crippen LogP contribution in [-0.4, -0.2) is 88.1 Å². The third kappa shape index (κ3) is 5.96. The molecule has 0 aliphatic carbocycles. The van der Waals surface area contributed by atoms with Crippen LogP contribution in [0, 0.1) is 0 Å². The van der Waals surface area contributed by atoms with Gasteiger partial charge in [-0.05, 0) is 6.42 Å². The second-order valence-electron chi connectivity index (χ2n) is 5.42. The molecule has 23 heavy (non-hydrogen) atoms. The molecule has 1 rings (SSSR count). The topological polar surface area (TPSA) is 146 Å². The Labute approximate surface area is 134 Å². The first-order chi connectivity index (χ1) is 10.9. The van der Waals surface area contributed by atoms with E-state index in [1.807, 2.05) is 6.92 Å². The predicted octanol–water partition coefficient (Wildman–Crippen LogP) is -2.10. The van der Waals surface area contributed by atoms with Gasteiger partial charge in [0.25, 0.3) is 0 Å². The lowest BCUT2D eigenvalue weighted by Crippen LogP contribution is -2.60. The van der Waals surface area contributed by atoms with Gasteiger partial charge in [0.2, 0.25) is 0 Å². The molecule has 0 radical (unpaired) electrons. The zero-order valence-electron chi connectivity index (χ0n) is 13.1. The SMILES string of the molecule is CCCCC(=O)OC[C@H]1O[C@@H](OC(CO)CO)[C@H](O)[C@@H](O)[C@H]1O. The molecule has 0 amide bonds. The Morgan fingerprint density at radius 1 is 1.13 bits per heavy atom. The monoisotopic (exact) mass is 338 g/mol. The van der Waals surface area contributed by atoms with Crippen LogP contribution in [0.3, 0.4) is 0 Å². The molecule has 0 aromatic heterocycles. The third-order valence-corrected chi connectivity index (χ3v) is 3.55. The smallest absolute Gasteiger partial charge is 0.305 e. The number of aliphatic hydroxyl groups is 5. The summed E-state index contributed by atoms with van der Waals surface area (Å²) in [5.74, 6) is -0.454. The molecule has 0 spiro atoms. The molecule has 0 saturated carbocycles. The van der Waals surface area contributed by atoms with E-state index in [9.17, 15) is 20.1 Å². The molecule has 5 atom stereocenters. The number of rotatable bonds is 9. The van der Waals surface area contributed by atoms with Crippen LogP contribution in [0.5, 0.6) is 0 Å². The van der Waals surface area contributed by atoms with E-state index < -0.39 is 56.0 Å². The maximum atomic E-state index is 11.5. The zero-order chi connectivity index (χ0) is 17.4. The third-order valence-electron chi connectivity index (χ3n) is 3.55. The Morgan fingerprint density at radius 3 is 2.35 bits per heavy atom. The maximum Gasteiger partial charge on any atom is 0.305 e. The number of carbonyl (C=O) groups is 1. The second-order valence-corrected chi connectivity index (χ2v) is 5.42. The maximum absolute atomic E-state index is 11.5. The standard InChI is InChI=1S/C14H26O9/c1-2-3-4-10(17)21-7-9-11(18)12(19)13(20)14(23-9)22-8(5-15)6-16/h8-9,11-16,18-20H,2-7H2,1H3/t9-,11+,12+,13-,14-/m1/s1. The fraction of sp³-hybridized carbons (Fsp3) is 0.929. The highest BCUT2D eigenvalue weighted by molar-refractivity contribution is 5.69. The van der Waals surface area contributed by atoms with Crippen LogP contribution < -0.4 is 0 Å². The van der Waals surface area contributed by atoms with Crippen LogP contribution in [0.4, 0.5) is 0 Å². The Hall–Kier alpha value is -0.810. The number of esters is 1. The van der Waals surface area contributed by atoms with E-state index in [0.717, 1.165) is 6.42 Å². The molecule has 0 aromatic carbocycles. The van der Waals surface area contributed by atoms with Crippen molar-refractivity contribution in [1.82, 2.24) is 0 Å². The van der Waals surface area contributed by atoms with Crippen molar-refractivity contribution < 1.29 is 44.5 Å². The van der Waals surface area contributed by atoms with Gasteiger partial charge in [0.1, 0.15) is 37.1 Å². The molecule has 1 saturated heterocycles. The van der Waals surface area contributed by atoms with Crippen molar-refractivity contribution >= 4 is 5.97 Å². The lowest BCUT2D eigenvalue weighted by Gasteiger charge is -2.40. The summed E-state index contributed by atoms with van der Waals surface area (Å²) >= 11 is 0. The van der Waals surface area contributed by atoms with Crippen LogP contribution in [0.25, 0.3) is 0 Å². The van der Waals surface area contributed by atoms with Crippen molar-refractivity contribution in [3.05, 3.63) is 0 Å². The van der Waals surface area contributed by atoms with Crippen molar-refractivity contribution in [3.8, 4) is 0 Å². The highest BCUT2D eigenvalue weighted by Gasteiger charge is 2.45. The molecule has 0 unspecified atom stereocenters. The highest BCUT2D eigenvalue weighted by Crippen LogP contribution is 2.23. The number of unbranched alkanes of at least 4 members (excludes halogenated alkanes) is 1. The van der Waals surface area contributed by atoms with Crippen LogP contribution >= 0.6 is 0 Å². The molecule has 0 aromatic rings. The highest BCUT2D eigenvalue weighted by atomic mass is 16.7. The average molecular weight is 338 g/mol. The van der Waals surface area contributed by atoms with Gasteiger partial charge in [-0.3, -0.25) is 4.79 Å². The van der Waals surface area contributed by atoms with Crippen LogP contribution in [-0.2, 0) is 19.0 Å². The lowest BCUT2D eigenvalue weighted by molar-refractivity contribution is -0.315. The van der Waals surface area contributed by atoms with Crippen LogP contribution in [0.2, 0.25) is 0 Å². The normalized spacial score (nSPS) is 31.3. The van der Waals surface area contributed by atoms with Crippen LogP contribution in [0.1, 0.15) is 26.2 Å². The summed E-state index contributed by atoms with van der Waals surface area (Å²) in [7, 11) is 0. The Morgan fingerprint density at radius 2 is 1.78 bits per heavy atom. The van der Waals surface area contributed by atoms with Crippen molar-refractivity contribution in [1.29, 1.82) is 0 Å². The van der Waals surface area contributed by atoms with E-state index in [2.05, 4.69) is 0 Å². The Balaban J connectivity index is 2.59. The first-order valence-electron chi connectivity index (χ1n) is 7.67. The molecule has 1 heterocycles. The van der Waals surface area contributed by atoms with Gasteiger partial charge in [-0.15, -0.1) is 0 Å². The van der Waals surface area contributed by atoms with E-state index >= 15 is 0 Å². The molecule has 136 valence electrons. The molecular weight excluding hydrogens is 312 g/mol. The molecular formula is C14H26O9. The summed E-state index contributed by atoms with van der Waals surface area (Å²) in [5.41, 5.74) is 0. The minimum Gasteiger partial charge on any atom is -0.463 e. The molecule has 9 heteroatoms. The van der Waals surface area contributed by atoms with Crippen LogP contribution in [0.15, 0.2) is 0 Å². The minimum absolute atomic E-state index is 0.238. The first-order valence-corrected chi connectivity index (χ1v) is 7.67. The van der Waals surface area contributed by atoms with Gasteiger partial charge in [-0.1, -0.05) is 13.3 Å².